The zero-order valence-corrected chi connectivity index (χ0v) is 45.8. The van der Waals surface area contributed by atoms with E-state index >= 15 is 0 Å². The van der Waals surface area contributed by atoms with Crippen molar-refractivity contribution in [3.63, 3.8) is 0 Å². The summed E-state index contributed by atoms with van der Waals surface area (Å²) in [7, 11) is 1.42. The monoisotopic (exact) mass is 1110 g/mol. The number of guanidine groups is 1. The van der Waals surface area contributed by atoms with Crippen LogP contribution in [0.3, 0.4) is 0 Å². The maximum atomic E-state index is 14.2. The lowest BCUT2D eigenvalue weighted by atomic mass is 9.96. The first-order valence-corrected chi connectivity index (χ1v) is 26.1. The van der Waals surface area contributed by atoms with Gasteiger partial charge in [0.2, 0.25) is 59.1 Å². The third-order valence-corrected chi connectivity index (χ3v) is 12.8. The Bertz CT molecular complexity index is 2120. The van der Waals surface area contributed by atoms with Crippen molar-refractivity contribution in [2.24, 2.45) is 28.3 Å². The first-order valence-electron chi connectivity index (χ1n) is 25.3. The number of nitrogens with zero attached hydrogens (tertiary/aromatic N) is 3. The lowest BCUT2D eigenvalue weighted by molar-refractivity contribution is -0.142. The number of hydrogen-bond donors (Lipinski definition) is 12. The summed E-state index contributed by atoms with van der Waals surface area (Å²) in [5.41, 5.74) is 11.5. The van der Waals surface area contributed by atoms with Gasteiger partial charge in [-0.2, -0.15) is 0 Å². The predicted octanol–water partition coefficient (Wildman–Crippen LogP) is -1.72. The molecule has 25 nitrogen and oxygen atoms in total. The molecule has 74 heavy (non-hydrogen) atoms. The van der Waals surface area contributed by atoms with E-state index in [4.69, 9.17) is 11.5 Å². The molecule has 0 spiro atoms. The highest BCUT2D eigenvalue weighted by Gasteiger charge is 2.40. The van der Waals surface area contributed by atoms with Crippen molar-refractivity contribution in [2.45, 2.75) is 162 Å². The highest BCUT2D eigenvalue weighted by molar-refractivity contribution is 9.10. The Morgan fingerprint density at radius 1 is 0.797 bits per heavy atom. The van der Waals surface area contributed by atoms with Crippen molar-refractivity contribution in [2.75, 3.05) is 39.8 Å². The zero-order chi connectivity index (χ0) is 55.8. The number of aliphatic hydroxyl groups is 1. The van der Waals surface area contributed by atoms with Crippen LogP contribution in [0.1, 0.15) is 112 Å². The van der Waals surface area contributed by atoms with Crippen LogP contribution in [0.25, 0.3) is 0 Å². The Kier molecular flexibility index (Phi) is 27.7. The number of likely N-dealkylation sites (tertiary alicyclic amines) is 1. The summed E-state index contributed by atoms with van der Waals surface area (Å²) in [5.74, 6) is -7.35. The summed E-state index contributed by atoms with van der Waals surface area (Å²) in [6.07, 6.45) is 0.750. The second kappa shape index (κ2) is 32.1. The molecule has 1 aromatic heterocycles. The van der Waals surface area contributed by atoms with E-state index < -0.39 is 108 Å². The van der Waals surface area contributed by atoms with Gasteiger partial charge in [-0.05, 0) is 92.3 Å². The Morgan fingerprint density at radius 2 is 1.41 bits per heavy atom. The van der Waals surface area contributed by atoms with Crippen LogP contribution in [-0.2, 0) is 54.4 Å². The molecule has 26 heteroatoms. The van der Waals surface area contributed by atoms with Gasteiger partial charge in [0, 0.05) is 45.7 Å². The molecule has 1 saturated heterocycles. The molecule has 0 saturated carbocycles. The molecule has 1 aliphatic heterocycles. The molecule has 0 bridgehead atoms. The molecule has 14 N–H and O–H groups in total. The molecular weight excluding hydrogens is 1030 g/mol. The highest BCUT2D eigenvalue weighted by Crippen LogP contribution is 2.21. The standard InChI is InChI=1S/C48H81BrN14O11/c1-10-15-31(41(68)60-39(27(6)11-2)45(72)58-32(16-13-20-53-48(50)51)47(74)63-21-14-17-35(63)44(71)52-12-3)57-46(73)40(28(7)64)61-43(70)33(22-26(4)5)59-42(69)34(23-30-18-19-36(49)55-30)56-37(66)24-54-38(67)25-62(9)29(8)65/h18-19,26-28,31-35,39-40,55,64H,10-17,20-25H2,1-9H3,(H,52,71)(H,54,67)(H,56,66)(H,57,73)(H,58,72)(H,59,69)(H,60,68)(H,61,70)(H4,50,51,53)/t27-,28+,31-,32-,33+,34-,35-,39-,40-/m0/s1. The number of halogens is 1. The number of H-pyrrole nitrogens is 1. The lowest BCUT2D eigenvalue weighted by Crippen LogP contribution is -2.62. The van der Waals surface area contributed by atoms with Gasteiger partial charge in [-0.25, -0.2) is 0 Å². The van der Waals surface area contributed by atoms with Gasteiger partial charge < -0.3 is 73.9 Å². The topological polar surface area (TPSA) is 374 Å². The summed E-state index contributed by atoms with van der Waals surface area (Å²) in [6, 6.07) is -5.18. The van der Waals surface area contributed by atoms with Gasteiger partial charge >= 0.3 is 0 Å². The molecule has 2 heterocycles. The van der Waals surface area contributed by atoms with E-state index in [9.17, 15) is 53.1 Å². The van der Waals surface area contributed by atoms with Gasteiger partial charge in [0.05, 0.1) is 23.8 Å². The smallest absolute Gasteiger partial charge is 0.245 e. The Morgan fingerprint density at radius 3 is 1.97 bits per heavy atom. The maximum Gasteiger partial charge on any atom is 0.245 e. The number of nitrogens with two attached hydrogens (primary N) is 2. The Balaban J connectivity index is 2.33. The van der Waals surface area contributed by atoms with E-state index in [0.717, 1.165) is 4.90 Å². The molecule has 0 radical (unpaired) electrons. The van der Waals surface area contributed by atoms with Crippen LogP contribution in [0, 0.1) is 11.8 Å². The first kappa shape index (κ1) is 63.8. The van der Waals surface area contributed by atoms with Crippen molar-refractivity contribution in [3.8, 4) is 0 Å². The van der Waals surface area contributed by atoms with Gasteiger partial charge in [0.15, 0.2) is 5.96 Å². The normalized spacial score (nSPS) is 16.4. The summed E-state index contributed by atoms with van der Waals surface area (Å²) in [6.45, 7) is 13.2. The van der Waals surface area contributed by atoms with E-state index in [0.29, 0.717) is 55.5 Å². The molecule has 1 aliphatic rings. The number of aromatic nitrogens is 1. The molecule has 1 fully saturated rings. The molecule has 0 unspecified atom stereocenters. The molecule has 1 aromatic rings. The number of nitrogens with one attached hydrogen (secondary N) is 9. The van der Waals surface area contributed by atoms with Crippen LogP contribution < -0.4 is 54.0 Å². The van der Waals surface area contributed by atoms with E-state index in [2.05, 4.69) is 68.4 Å². The minimum absolute atomic E-state index is 0.0512. The molecule has 10 amide bonds. The summed E-state index contributed by atoms with van der Waals surface area (Å²) < 4.78 is 0.593. The molecule has 0 aliphatic carbocycles. The molecular formula is C48H81BrN14O11. The highest BCUT2D eigenvalue weighted by atomic mass is 79.9. The largest absolute Gasteiger partial charge is 0.391 e. The average Bonchev–Trinajstić information content (AvgIpc) is 4.00. The van der Waals surface area contributed by atoms with E-state index in [1.165, 1.54) is 25.8 Å². The van der Waals surface area contributed by atoms with E-state index in [1.807, 2.05) is 6.92 Å². The predicted molar refractivity (Wildman–Crippen MR) is 279 cm³/mol. The SMILES string of the molecule is CCC[C@H](NC(=O)[C@@H](NC(=O)[C@@H](CC(C)C)NC(=O)[C@H](Cc1ccc(Br)[nH]1)NC(=O)CNC(=O)CN(C)C(C)=O)[C@@H](C)O)C(=O)N[C@H](C(=O)N[C@@H](CCCN=C(N)N)C(=O)N1CCC[C@H]1C(=O)NCC)[C@@H](C)CC. The van der Waals surface area contributed by atoms with Gasteiger partial charge in [0.25, 0.3) is 0 Å². The van der Waals surface area contributed by atoms with Crippen LogP contribution in [-0.4, -0.2) is 173 Å². The van der Waals surface area contributed by atoms with E-state index in [-0.39, 0.29) is 62.5 Å². The minimum Gasteiger partial charge on any atom is -0.391 e. The number of aliphatic hydroxyl groups excluding tert-OH is 1. The van der Waals surface area contributed by atoms with Crippen molar-refractivity contribution in [3.05, 3.63) is 22.4 Å². The van der Waals surface area contributed by atoms with Crippen molar-refractivity contribution in [1.82, 2.24) is 57.3 Å². The summed E-state index contributed by atoms with van der Waals surface area (Å²) in [5, 5.41) is 32.0. The average molecular weight is 1110 g/mol. The van der Waals surface area contributed by atoms with Crippen LogP contribution in [0.15, 0.2) is 21.7 Å². The number of carbonyl (C=O) groups excluding carboxylic acids is 10. The van der Waals surface area contributed by atoms with Crippen LogP contribution in [0.4, 0.5) is 0 Å². The molecule has 9 atom stereocenters. The first-order chi connectivity index (χ1) is 34.8. The van der Waals surface area contributed by atoms with Gasteiger partial charge in [-0.3, -0.25) is 52.9 Å². The van der Waals surface area contributed by atoms with Gasteiger partial charge in [-0.15, -0.1) is 0 Å². The minimum atomic E-state index is -1.65. The van der Waals surface area contributed by atoms with Crippen LogP contribution >= 0.6 is 15.9 Å². The number of amides is 10. The lowest BCUT2D eigenvalue weighted by Gasteiger charge is -2.31. The maximum absolute atomic E-state index is 14.2. The Labute approximate surface area is 441 Å². The third-order valence-electron chi connectivity index (χ3n) is 12.3. The number of carbonyl (C=O) groups is 10. The fourth-order valence-electron chi connectivity index (χ4n) is 7.99. The fourth-order valence-corrected chi connectivity index (χ4v) is 8.38. The number of hydrogen-bond acceptors (Lipinski definition) is 12. The summed E-state index contributed by atoms with van der Waals surface area (Å²) in [4.78, 5) is 144. The molecule has 416 valence electrons. The molecule has 0 aromatic carbocycles. The zero-order valence-electron chi connectivity index (χ0n) is 44.2. The van der Waals surface area contributed by atoms with Crippen molar-refractivity contribution >= 4 is 81.0 Å². The Hall–Kier alpha value is -6.31. The number of likely N-dealkylation sites (N-methyl/N-ethyl adjacent to an activating group) is 2. The second-order valence-electron chi connectivity index (χ2n) is 19.0. The van der Waals surface area contributed by atoms with Crippen molar-refractivity contribution in [1.29, 1.82) is 0 Å². The van der Waals surface area contributed by atoms with E-state index in [1.54, 1.807) is 46.8 Å². The van der Waals surface area contributed by atoms with Gasteiger partial charge in [0.1, 0.15) is 42.3 Å². The van der Waals surface area contributed by atoms with Gasteiger partial charge in [-0.1, -0.05) is 47.5 Å². The fraction of sp³-hybridized carbons (Fsp3) is 0.688. The number of aliphatic imine (C=N–C) groups is 1. The number of aromatic amines is 1. The second-order valence-corrected chi connectivity index (χ2v) is 19.9. The van der Waals surface area contributed by atoms with Crippen molar-refractivity contribution < 1.29 is 53.1 Å². The van der Waals surface area contributed by atoms with Crippen LogP contribution in [0.5, 0.6) is 0 Å². The third kappa shape index (κ3) is 21.6. The van der Waals surface area contributed by atoms with Crippen LogP contribution in [0.2, 0.25) is 0 Å². The summed E-state index contributed by atoms with van der Waals surface area (Å²) >= 11 is 3.32. The quantitative estimate of drug-likeness (QED) is 0.0224. The number of rotatable bonds is 31. The molecule has 2 rings (SSSR count).